The lowest BCUT2D eigenvalue weighted by Gasteiger charge is -2.18. The van der Waals surface area contributed by atoms with Crippen LogP contribution in [0.2, 0.25) is 0 Å². The largest absolute Gasteiger partial charge is 0.497 e. The van der Waals surface area contributed by atoms with Crippen LogP contribution < -0.4 is 10.1 Å². The van der Waals surface area contributed by atoms with Crippen molar-refractivity contribution in [2.24, 2.45) is 0 Å². The summed E-state index contributed by atoms with van der Waals surface area (Å²) >= 11 is 0. The van der Waals surface area contributed by atoms with Crippen LogP contribution in [0.25, 0.3) is 0 Å². The Morgan fingerprint density at radius 2 is 1.86 bits per heavy atom. The van der Waals surface area contributed by atoms with E-state index in [1.807, 2.05) is 31.2 Å². The van der Waals surface area contributed by atoms with Gasteiger partial charge in [-0.05, 0) is 42.3 Å². The van der Waals surface area contributed by atoms with Crippen molar-refractivity contribution < 1.29 is 14.2 Å². The quantitative estimate of drug-likeness (QED) is 0.858. The molecule has 2 N–H and O–H groups in total. The van der Waals surface area contributed by atoms with Crippen LogP contribution in [0.5, 0.6) is 5.75 Å². The SMILES string of the molecule is COc1cccc(C(O)CN[C@H](C)c2ccc(F)cc2)c1. The lowest BCUT2D eigenvalue weighted by atomic mass is 10.1. The van der Waals surface area contributed by atoms with Gasteiger partial charge >= 0.3 is 0 Å². The second-order valence-corrected chi connectivity index (χ2v) is 4.97. The van der Waals surface area contributed by atoms with Crippen LogP contribution in [0.3, 0.4) is 0 Å². The molecule has 0 fully saturated rings. The van der Waals surface area contributed by atoms with E-state index in [2.05, 4.69) is 5.32 Å². The molecule has 0 saturated heterocycles. The summed E-state index contributed by atoms with van der Waals surface area (Å²) in [6.45, 7) is 2.39. The summed E-state index contributed by atoms with van der Waals surface area (Å²) in [7, 11) is 1.60. The van der Waals surface area contributed by atoms with Crippen molar-refractivity contribution >= 4 is 0 Å². The molecule has 0 saturated carbocycles. The molecule has 21 heavy (non-hydrogen) atoms. The van der Waals surface area contributed by atoms with Crippen molar-refractivity contribution in [1.82, 2.24) is 5.32 Å². The Balaban J connectivity index is 1.93. The van der Waals surface area contributed by atoms with Crippen molar-refractivity contribution in [2.45, 2.75) is 19.1 Å². The Kier molecular flexibility index (Phi) is 5.31. The number of halogens is 1. The molecule has 0 radical (unpaired) electrons. The van der Waals surface area contributed by atoms with Crippen LogP contribution in [-0.4, -0.2) is 18.8 Å². The molecule has 4 heteroatoms. The van der Waals surface area contributed by atoms with Crippen LogP contribution in [0.4, 0.5) is 4.39 Å². The van der Waals surface area contributed by atoms with E-state index < -0.39 is 6.10 Å². The van der Waals surface area contributed by atoms with E-state index in [-0.39, 0.29) is 11.9 Å². The predicted molar refractivity (Wildman–Crippen MR) is 80.8 cm³/mol. The van der Waals surface area contributed by atoms with Gasteiger partial charge in [-0.15, -0.1) is 0 Å². The van der Waals surface area contributed by atoms with Crippen molar-refractivity contribution in [3.8, 4) is 5.75 Å². The number of hydrogen-bond acceptors (Lipinski definition) is 3. The number of aliphatic hydroxyl groups is 1. The van der Waals surface area contributed by atoms with Gasteiger partial charge in [0, 0.05) is 12.6 Å². The molecule has 0 aliphatic rings. The fraction of sp³-hybridized carbons (Fsp3) is 0.294. The minimum absolute atomic E-state index is 0.0332. The average Bonchev–Trinajstić information content (AvgIpc) is 2.53. The summed E-state index contributed by atoms with van der Waals surface area (Å²) in [6, 6.07) is 13.7. The number of nitrogens with one attached hydrogen (secondary N) is 1. The Labute approximate surface area is 124 Å². The average molecular weight is 289 g/mol. The van der Waals surface area contributed by atoms with Gasteiger partial charge < -0.3 is 15.2 Å². The smallest absolute Gasteiger partial charge is 0.123 e. The molecule has 0 amide bonds. The first-order valence-electron chi connectivity index (χ1n) is 6.91. The first kappa shape index (κ1) is 15.5. The molecule has 0 aliphatic heterocycles. The number of ether oxygens (including phenoxy) is 1. The molecule has 0 aromatic heterocycles. The number of aliphatic hydroxyl groups excluding tert-OH is 1. The normalized spacial score (nSPS) is 13.7. The molecule has 112 valence electrons. The molecule has 2 atom stereocenters. The van der Waals surface area contributed by atoms with Gasteiger partial charge in [0.15, 0.2) is 0 Å². The first-order valence-corrected chi connectivity index (χ1v) is 6.91. The van der Waals surface area contributed by atoms with Crippen molar-refractivity contribution in [1.29, 1.82) is 0 Å². The van der Waals surface area contributed by atoms with Gasteiger partial charge in [-0.2, -0.15) is 0 Å². The van der Waals surface area contributed by atoms with Gasteiger partial charge in [-0.1, -0.05) is 24.3 Å². The Morgan fingerprint density at radius 3 is 2.52 bits per heavy atom. The molecule has 2 aromatic rings. The first-order chi connectivity index (χ1) is 10.1. The standard InChI is InChI=1S/C17H20FNO2/c1-12(13-6-8-15(18)9-7-13)19-11-17(20)14-4-3-5-16(10-14)21-2/h3-10,12,17,19-20H,11H2,1-2H3/t12-,17?/m1/s1. The second-order valence-electron chi connectivity index (χ2n) is 4.97. The zero-order valence-corrected chi connectivity index (χ0v) is 12.2. The second kappa shape index (κ2) is 7.20. The van der Waals surface area contributed by atoms with E-state index >= 15 is 0 Å². The zero-order chi connectivity index (χ0) is 15.2. The minimum atomic E-state index is -0.622. The molecule has 2 rings (SSSR count). The molecule has 0 aliphatic carbocycles. The summed E-state index contributed by atoms with van der Waals surface area (Å²) in [5.41, 5.74) is 1.78. The number of rotatable bonds is 6. The highest BCUT2D eigenvalue weighted by atomic mass is 19.1. The molecule has 0 bridgehead atoms. The lowest BCUT2D eigenvalue weighted by Crippen LogP contribution is -2.24. The maximum atomic E-state index is 12.9. The number of methoxy groups -OCH3 is 1. The van der Waals surface area contributed by atoms with Crippen molar-refractivity contribution in [3.63, 3.8) is 0 Å². The van der Waals surface area contributed by atoms with Crippen molar-refractivity contribution in [3.05, 3.63) is 65.5 Å². The molecular weight excluding hydrogens is 269 g/mol. The Bertz CT molecular complexity index is 571. The van der Waals surface area contributed by atoms with E-state index in [9.17, 15) is 9.50 Å². The third-order valence-electron chi connectivity index (χ3n) is 3.47. The Hall–Kier alpha value is -1.91. The van der Waals surface area contributed by atoms with Crippen LogP contribution >= 0.6 is 0 Å². The van der Waals surface area contributed by atoms with Gasteiger partial charge in [0.2, 0.25) is 0 Å². The Morgan fingerprint density at radius 1 is 1.14 bits per heavy atom. The molecule has 0 heterocycles. The van der Waals surface area contributed by atoms with Crippen LogP contribution in [0.15, 0.2) is 48.5 Å². The summed E-state index contributed by atoms with van der Waals surface area (Å²) in [6.07, 6.45) is -0.622. The molecule has 1 unspecified atom stereocenters. The summed E-state index contributed by atoms with van der Waals surface area (Å²) in [5, 5.41) is 13.4. The highest BCUT2D eigenvalue weighted by molar-refractivity contribution is 5.30. The van der Waals surface area contributed by atoms with Crippen LogP contribution in [0.1, 0.15) is 30.2 Å². The molecule has 0 spiro atoms. The van der Waals surface area contributed by atoms with E-state index in [1.165, 1.54) is 12.1 Å². The summed E-state index contributed by atoms with van der Waals surface area (Å²) in [4.78, 5) is 0. The number of hydrogen-bond donors (Lipinski definition) is 2. The van der Waals surface area contributed by atoms with Crippen LogP contribution in [-0.2, 0) is 0 Å². The summed E-state index contributed by atoms with van der Waals surface area (Å²) in [5.74, 6) is 0.473. The highest BCUT2D eigenvalue weighted by Gasteiger charge is 2.11. The van der Waals surface area contributed by atoms with E-state index in [0.29, 0.717) is 6.54 Å². The van der Waals surface area contributed by atoms with E-state index in [1.54, 1.807) is 19.2 Å². The van der Waals surface area contributed by atoms with Gasteiger partial charge in [0.05, 0.1) is 13.2 Å². The molecule has 2 aromatic carbocycles. The topological polar surface area (TPSA) is 41.5 Å². The maximum Gasteiger partial charge on any atom is 0.123 e. The lowest BCUT2D eigenvalue weighted by molar-refractivity contribution is 0.170. The van der Waals surface area contributed by atoms with Crippen LogP contribution in [0, 0.1) is 5.82 Å². The number of benzene rings is 2. The maximum absolute atomic E-state index is 12.9. The van der Waals surface area contributed by atoms with Gasteiger partial charge in [-0.25, -0.2) is 4.39 Å². The third kappa shape index (κ3) is 4.28. The summed E-state index contributed by atoms with van der Waals surface area (Å²) < 4.78 is 18.0. The minimum Gasteiger partial charge on any atom is -0.497 e. The fourth-order valence-corrected chi connectivity index (χ4v) is 2.12. The predicted octanol–water partition coefficient (Wildman–Crippen LogP) is 3.22. The zero-order valence-electron chi connectivity index (χ0n) is 12.2. The van der Waals surface area contributed by atoms with Gasteiger partial charge in [0.25, 0.3) is 0 Å². The molecular formula is C17H20FNO2. The third-order valence-corrected chi connectivity index (χ3v) is 3.47. The van der Waals surface area contributed by atoms with Gasteiger partial charge in [0.1, 0.15) is 11.6 Å². The van der Waals surface area contributed by atoms with Crippen molar-refractivity contribution in [2.75, 3.05) is 13.7 Å². The van der Waals surface area contributed by atoms with Gasteiger partial charge in [-0.3, -0.25) is 0 Å². The highest BCUT2D eigenvalue weighted by Crippen LogP contribution is 2.20. The van der Waals surface area contributed by atoms with E-state index in [0.717, 1.165) is 16.9 Å². The van der Waals surface area contributed by atoms with E-state index in [4.69, 9.17) is 4.74 Å². The molecule has 3 nitrogen and oxygen atoms in total. The fourth-order valence-electron chi connectivity index (χ4n) is 2.12. The monoisotopic (exact) mass is 289 g/mol.